The van der Waals surface area contributed by atoms with E-state index in [9.17, 15) is 13.2 Å². The van der Waals surface area contributed by atoms with E-state index in [2.05, 4.69) is 10.2 Å². The first-order valence-electron chi connectivity index (χ1n) is 10.6. The van der Waals surface area contributed by atoms with Gasteiger partial charge in [0, 0.05) is 44.4 Å². The first kappa shape index (κ1) is 22.2. The van der Waals surface area contributed by atoms with Gasteiger partial charge in [0.05, 0.1) is 18.9 Å². The second kappa shape index (κ2) is 9.22. The van der Waals surface area contributed by atoms with Gasteiger partial charge in [-0.15, -0.1) is 0 Å². The van der Waals surface area contributed by atoms with Crippen molar-refractivity contribution < 1.29 is 17.9 Å². The number of piperazine rings is 1. The predicted molar refractivity (Wildman–Crippen MR) is 125 cm³/mol. The van der Waals surface area contributed by atoms with Crippen LogP contribution in [-0.2, 0) is 16.4 Å². The van der Waals surface area contributed by atoms with Crippen LogP contribution in [0, 0.1) is 0 Å². The number of amides is 1. The summed E-state index contributed by atoms with van der Waals surface area (Å²) in [7, 11) is -1.53. The monoisotopic (exact) mass is 456 g/mol. The van der Waals surface area contributed by atoms with Gasteiger partial charge < -0.3 is 19.4 Å². The molecule has 0 atom stereocenters. The molecule has 8 nitrogen and oxygen atoms in total. The summed E-state index contributed by atoms with van der Waals surface area (Å²) in [6.07, 6.45) is 3.80. The summed E-state index contributed by atoms with van der Waals surface area (Å²) in [6.45, 7) is 2.65. The maximum Gasteiger partial charge on any atom is 0.252 e. The summed E-state index contributed by atoms with van der Waals surface area (Å²) >= 11 is 0. The highest BCUT2D eigenvalue weighted by molar-refractivity contribution is 7.88. The Morgan fingerprint density at radius 3 is 2.53 bits per heavy atom. The van der Waals surface area contributed by atoms with Gasteiger partial charge in [-0.3, -0.25) is 4.79 Å². The van der Waals surface area contributed by atoms with Gasteiger partial charge in [-0.2, -0.15) is 4.31 Å². The van der Waals surface area contributed by atoms with Crippen molar-refractivity contribution in [1.82, 2.24) is 14.0 Å². The molecule has 1 saturated heterocycles. The van der Waals surface area contributed by atoms with Crippen LogP contribution < -0.4 is 15.0 Å². The fourth-order valence-corrected chi connectivity index (χ4v) is 4.80. The van der Waals surface area contributed by atoms with E-state index in [1.54, 1.807) is 7.11 Å². The van der Waals surface area contributed by atoms with E-state index < -0.39 is 10.0 Å². The number of aromatic nitrogens is 1. The molecule has 3 heterocycles. The van der Waals surface area contributed by atoms with Crippen molar-refractivity contribution in [3.8, 4) is 5.75 Å². The maximum atomic E-state index is 12.7. The molecule has 32 heavy (non-hydrogen) atoms. The van der Waals surface area contributed by atoms with Crippen LogP contribution in [0.3, 0.4) is 0 Å². The Morgan fingerprint density at radius 2 is 1.81 bits per heavy atom. The van der Waals surface area contributed by atoms with Gasteiger partial charge in [0.25, 0.3) is 5.91 Å². The summed E-state index contributed by atoms with van der Waals surface area (Å²) in [4.78, 5) is 14.9. The van der Waals surface area contributed by atoms with Crippen molar-refractivity contribution in [2.75, 3.05) is 51.0 Å². The zero-order chi connectivity index (χ0) is 22.7. The van der Waals surface area contributed by atoms with Crippen molar-refractivity contribution in [3.05, 3.63) is 65.9 Å². The van der Waals surface area contributed by atoms with Crippen LogP contribution in [-0.4, -0.2) is 69.1 Å². The Balaban J connectivity index is 1.42. The third-order valence-corrected chi connectivity index (χ3v) is 7.06. The van der Waals surface area contributed by atoms with Gasteiger partial charge in [-0.1, -0.05) is 12.1 Å². The Labute approximate surface area is 188 Å². The molecule has 1 amide bonds. The predicted octanol–water partition coefficient (Wildman–Crippen LogP) is 2.00. The molecule has 0 aliphatic carbocycles. The number of fused-ring (bicyclic) bond motifs is 1. The standard InChI is InChI=1S/C23H28N4O4S/c1-31-21-5-3-4-18(16-21)10-11-24-23(28)19-6-7-20-8-9-22(27(20)17-19)25-12-14-26(15-13-25)32(2,29)30/h3-9,16-17H,10-15H2,1-2H3,(H,24,28). The molecule has 0 unspecified atom stereocenters. The molecule has 4 rings (SSSR count). The number of benzene rings is 1. The summed E-state index contributed by atoms with van der Waals surface area (Å²) in [5, 5.41) is 2.98. The number of ether oxygens (including phenoxy) is 1. The summed E-state index contributed by atoms with van der Waals surface area (Å²) < 4.78 is 32.3. The fourth-order valence-electron chi connectivity index (χ4n) is 3.98. The summed E-state index contributed by atoms with van der Waals surface area (Å²) in [5.74, 6) is 1.63. The second-order valence-corrected chi connectivity index (χ2v) is 9.89. The lowest BCUT2D eigenvalue weighted by Gasteiger charge is -2.34. The van der Waals surface area contributed by atoms with E-state index in [0.717, 1.165) is 22.6 Å². The molecule has 1 aliphatic rings. The van der Waals surface area contributed by atoms with Crippen LogP contribution in [0.15, 0.2) is 54.7 Å². The topological polar surface area (TPSA) is 83.4 Å². The van der Waals surface area contributed by atoms with Gasteiger partial charge in [0.1, 0.15) is 11.6 Å². The van der Waals surface area contributed by atoms with Crippen LogP contribution in [0.1, 0.15) is 15.9 Å². The minimum Gasteiger partial charge on any atom is -0.497 e. The molecular weight excluding hydrogens is 428 g/mol. The Bertz CT molecular complexity index is 1210. The highest BCUT2D eigenvalue weighted by Gasteiger charge is 2.24. The third-order valence-electron chi connectivity index (χ3n) is 5.76. The van der Waals surface area contributed by atoms with Gasteiger partial charge in [0.15, 0.2) is 0 Å². The molecule has 1 aromatic carbocycles. The molecule has 9 heteroatoms. The number of nitrogens with one attached hydrogen (secondary N) is 1. The van der Waals surface area contributed by atoms with E-state index in [1.165, 1.54) is 10.6 Å². The number of carbonyl (C=O) groups excluding carboxylic acids is 1. The van der Waals surface area contributed by atoms with Crippen molar-refractivity contribution >= 4 is 27.3 Å². The third kappa shape index (κ3) is 4.89. The molecular formula is C23H28N4O4S. The van der Waals surface area contributed by atoms with E-state index in [0.29, 0.717) is 44.7 Å². The van der Waals surface area contributed by atoms with E-state index in [-0.39, 0.29) is 5.91 Å². The van der Waals surface area contributed by atoms with Crippen LogP contribution in [0.25, 0.3) is 5.52 Å². The second-order valence-electron chi connectivity index (χ2n) is 7.91. The molecule has 0 spiro atoms. The van der Waals surface area contributed by atoms with Crippen LogP contribution in [0.2, 0.25) is 0 Å². The number of hydrogen-bond donors (Lipinski definition) is 1. The molecule has 3 aromatic rings. The minimum absolute atomic E-state index is 0.128. The average molecular weight is 457 g/mol. The zero-order valence-corrected chi connectivity index (χ0v) is 19.1. The van der Waals surface area contributed by atoms with Crippen molar-refractivity contribution in [1.29, 1.82) is 0 Å². The number of sulfonamides is 1. The first-order chi connectivity index (χ1) is 15.3. The van der Waals surface area contributed by atoms with Crippen molar-refractivity contribution in [2.24, 2.45) is 0 Å². The average Bonchev–Trinajstić information content (AvgIpc) is 3.22. The van der Waals surface area contributed by atoms with Crippen LogP contribution in [0.5, 0.6) is 5.75 Å². The van der Waals surface area contributed by atoms with Gasteiger partial charge >= 0.3 is 0 Å². The molecule has 1 fully saturated rings. The maximum absolute atomic E-state index is 12.7. The fraction of sp³-hybridized carbons (Fsp3) is 0.348. The SMILES string of the molecule is COc1cccc(CCNC(=O)c2ccc3ccc(N4CCN(S(C)(=O)=O)CC4)n3c2)c1. The smallest absolute Gasteiger partial charge is 0.252 e. The molecule has 2 aromatic heterocycles. The molecule has 1 aliphatic heterocycles. The lowest BCUT2D eigenvalue weighted by Crippen LogP contribution is -2.48. The zero-order valence-electron chi connectivity index (χ0n) is 18.3. The number of anilines is 1. The number of pyridine rings is 1. The Kier molecular flexibility index (Phi) is 6.38. The quantitative estimate of drug-likeness (QED) is 0.588. The lowest BCUT2D eigenvalue weighted by atomic mass is 10.1. The molecule has 0 bridgehead atoms. The van der Waals surface area contributed by atoms with E-state index in [1.807, 2.05) is 59.1 Å². The molecule has 0 saturated carbocycles. The van der Waals surface area contributed by atoms with Crippen LogP contribution in [0.4, 0.5) is 5.82 Å². The number of methoxy groups -OCH3 is 1. The highest BCUT2D eigenvalue weighted by Crippen LogP contribution is 2.22. The molecule has 1 N–H and O–H groups in total. The van der Waals surface area contributed by atoms with E-state index in [4.69, 9.17) is 4.74 Å². The number of hydrogen-bond acceptors (Lipinski definition) is 5. The largest absolute Gasteiger partial charge is 0.497 e. The van der Waals surface area contributed by atoms with Crippen molar-refractivity contribution in [3.63, 3.8) is 0 Å². The molecule has 0 radical (unpaired) electrons. The van der Waals surface area contributed by atoms with Crippen molar-refractivity contribution in [2.45, 2.75) is 6.42 Å². The number of rotatable bonds is 7. The van der Waals surface area contributed by atoms with E-state index >= 15 is 0 Å². The minimum atomic E-state index is -3.17. The van der Waals surface area contributed by atoms with Crippen LogP contribution >= 0.6 is 0 Å². The number of carbonyl (C=O) groups is 1. The Hall–Kier alpha value is -3.04. The first-order valence-corrected chi connectivity index (χ1v) is 12.4. The summed E-state index contributed by atoms with van der Waals surface area (Å²) in [5.41, 5.74) is 2.66. The Morgan fingerprint density at radius 1 is 1.06 bits per heavy atom. The number of nitrogens with zero attached hydrogens (tertiary/aromatic N) is 3. The molecule has 170 valence electrons. The lowest BCUT2D eigenvalue weighted by molar-refractivity contribution is 0.0953. The van der Waals surface area contributed by atoms with Gasteiger partial charge in [-0.05, 0) is 48.4 Å². The summed E-state index contributed by atoms with van der Waals surface area (Å²) in [6, 6.07) is 15.6. The normalized spacial score (nSPS) is 15.1. The van der Waals surface area contributed by atoms with Gasteiger partial charge in [0.2, 0.25) is 10.0 Å². The highest BCUT2D eigenvalue weighted by atomic mass is 32.2. The van der Waals surface area contributed by atoms with Gasteiger partial charge in [-0.25, -0.2) is 8.42 Å².